The molecule has 1 N–H and O–H groups in total. The van der Waals surface area contributed by atoms with Gasteiger partial charge in [-0.3, -0.25) is 4.79 Å². The Kier molecular flexibility index (Phi) is 7.69. The van der Waals surface area contributed by atoms with Gasteiger partial charge >= 0.3 is 0 Å². The maximum absolute atomic E-state index is 11.6. The zero-order chi connectivity index (χ0) is 13.2. The molecule has 1 unspecified atom stereocenters. The van der Waals surface area contributed by atoms with Crippen molar-refractivity contribution in [2.45, 2.75) is 25.8 Å². The lowest BCUT2D eigenvalue weighted by molar-refractivity contribution is -0.126. The van der Waals surface area contributed by atoms with Gasteiger partial charge in [0.05, 0.1) is 0 Å². The molecule has 0 aliphatic carbocycles. The second-order valence-electron chi connectivity index (χ2n) is 4.16. The molecule has 0 heterocycles. The van der Waals surface area contributed by atoms with E-state index in [1.165, 1.54) is 5.56 Å². The topological polar surface area (TPSA) is 38.3 Å². The highest BCUT2D eigenvalue weighted by Gasteiger charge is 2.11. The van der Waals surface area contributed by atoms with Gasteiger partial charge in [0.25, 0.3) is 0 Å². The van der Waals surface area contributed by atoms with Gasteiger partial charge in [-0.15, -0.1) is 0 Å². The summed E-state index contributed by atoms with van der Waals surface area (Å²) in [5.41, 5.74) is 1.22. The number of ether oxygens (including phenoxy) is 1. The Morgan fingerprint density at radius 2 is 2.11 bits per heavy atom. The highest BCUT2D eigenvalue weighted by atomic mass is 79.9. The molecule has 1 aromatic rings. The van der Waals surface area contributed by atoms with E-state index >= 15 is 0 Å². The van der Waals surface area contributed by atoms with E-state index in [1.54, 1.807) is 0 Å². The lowest BCUT2D eigenvalue weighted by Crippen LogP contribution is -2.39. The van der Waals surface area contributed by atoms with Crippen molar-refractivity contribution in [3.63, 3.8) is 0 Å². The Labute approximate surface area is 117 Å². The second kappa shape index (κ2) is 9.11. The standard InChI is InChI=1S/C14H20BrNO2/c1-2-8-18-11-14(17)16-13(10-15)9-12-6-4-3-5-7-12/h3-7,13H,2,8-11H2,1H3,(H,16,17). The largest absolute Gasteiger partial charge is 0.372 e. The third-order valence-corrected chi connectivity index (χ3v) is 3.24. The van der Waals surface area contributed by atoms with Crippen LogP contribution in [0.25, 0.3) is 0 Å². The van der Waals surface area contributed by atoms with E-state index in [2.05, 4.69) is 33.4 Å². The number of carbonyl (C=O) groups is 1. The van der Waals surface area contributed by atoms with E-state index in [0.717, 1.165) is 18.2 Å². The van der Waals surface area contributed by atoms with Crippen molar-refractivity contribution >= 4 is 21.8 Å². The zero-order valence-corrected chi connectivity index (χ0v) is 12.3. The minimum absolute atomic E-state index is 0.0520. The number of amides is 1. The predicted molar refractivity (Wildman–Crippen MR) is 77.0 cm³/mol. The molecular formula is C14H20BrNO2. The van der Waals surface area contributed by atoms with Gasteiger partial charge in [0.1, 0.15) is 6.61 Å². The molecule has 100 valence electrons. The fourth-order valence-corrected chi connectivity index (χ4v) is 2.01. The summed E-state index contributed by atoms with van der Waals surface area (Å²) in [6, 6.07) is 10.2. The van der Waals surface area contributed by atoms with Gasteiger partial charge in [-0.25, -0.2) is 0 Å². The first-order chi connectivity index (χ1) is 8.76. The maximum Gasteiger partial charge on any atom is 0.246 e. The fourth-order valence-electron chi connectivity index (χ4n) is 1.62. The number of carbonyl (C=O) groups excluding carboxylic acids is 1. The van der Waals surface area contributed by atoms with Crippen molar-refractivity contribution in [3.8, 4) is 0 Å². The molecule has 0 aromatic heterocycles. The van der Waals surface area contributed by atoms with Crippen molar-refractivity contribution in [1.29, 1.82) is 0 Å². The summed E-state index contributed by atoms with van der Waals surface area (Å²) in [6.07, 6.45) is 1.75. The number of nitrogens with one attached hydrogen (secondary N) is 1. The summed E-state index contributed by atoms with van der Waals surface area (Å²) in [5, 5.41) is 3.70. The lowest BCUT2D eigenvalue weighted by Gasteiger charge is -2.16. The first-order valence-corrected chi connectivity index (χ1v) is 7.35. The summed E-state index contributed by atoms with van der Waals surface area (Å²) in [4.78, 5) is 11.6. The fraction of sp³-hybridized carbons (Fsp3) is 0.500. The molecule has 0 saturated heterocycles. The van der Waals surface area contributed by atoms with Crippen LogP contribution in [-0.2, 0) is 16.0 Å². The average molecular weight is 314 g/mol. The van der Waals surface area contributed by atoms with Gasteiger partial charge < -0.3 is 10.1 Å². The molecule has 3 nitrogen and oxygen atoms in total. The number of hydrogen-bond acceptors (Lipinski definition) is 2. The van der Waals surface area contributed by atoms with E-state index < -0.39 is 0 Å². The molecule has 0 fully saturated rings. The van der Waals surface area contributed by atoms with Crippen molar-refractivity contribution in [2.75, 3.05) is 18.5 Å². The smallest absolute Gasteiger partial charge is 0.246 e. The molecule has 0 aliphatic rings. The first-order valence-electron chi connectivity index (χ1n) is 6.23. The van der Waals surface area contributed by atoms with E-state index in [4.69, 9.17) is 4.74 Å². The molecule has 0 aliphatic heterocycles. The van der Waals surface area contributed by atoms with Crippen LogP contribution in [0.5, 0.6) is 0 Å². The zero-order valence-electron chi connectivity index (χ0n) is 10.7. The average Bonchev–Trinajstić information content (AvgIpc) is 2.39. The third-order valence-electron chi connectivity index (χ3n) is 2.46. The minimum atomic E-state index is -0.0520. The second-order valence-corrected chi connectivity index (χ2v) is 4.81. The van der Waals surface area contributed by atoms with Gasteiger partial charge in [-0.05, 0) is 18.4 Å². The molecule has 4 heteroatoms. The molecule has 0 bridgehead atoms. The highest BCUT2D eigenvalue weighted by Crippen LogP contribution is 2.05. The summed E-state index contributed by atoms with van der Waals surface area (Å²) in [5.74, 6) is -0.0520. The van der Waals surface area contributed by atoms with Crippen LogP contribution in [0.4, 0.5) is 0 Å². The van der Waals surface area contributed by atoms with E-state index in [9.17, 15) is 4.79 Å². The van der Waals surface area contributed by atoms with E-state index in [1.807, 2.05) is 25.1 Å². The van der Waals surface area contributed by atoms with Crippen LogP contribution in [0.15, 0.2) is 30.3 Å². The summed E-state index contributed by atoms with van der Waals surface area (Å²) < 4.78 is 5.21. The van der Waals surface area contributed by atoms with Gasteiger partial charge in [0, 0.05) is 18.0 Å². The van der Waals surface area contributed by atoms with Crippen LogP contribution >= 0.6 is 15.9 Å². The number of benzene rings is 1. The highest BCUT2D eigenvalue weighted by molar-refractivity contribution is 9.09. The number of rotatable bonds is 8. The number of hydrogen-bond donors (Lipinski definition) is 1. The van der Waals surface area contributed by atoms with Crippen LogP contribution in [-0.4, -0.2) is 30.5 Å². The van der Waals surface area contributed by atoms with Crippen LogP contribution in [0, 0.1) is 0 Å². The lowest BCUT2D eigenvalue weighted by atomic mass is 10.1. The Hall–Kier alpha value is -0.870. The van der Waals surface area contributed by atoms with Crippen LogP contribution in [0.1, 0.15) is 18.9 Å². The van der Waals surface area contributed by atoms with Gasteiger partial charge in [-0.2, -0.15) is 0 Å². The molecule has 0 spiro atoms. The van der Waals surface area contributed by atoms with E-state index in [-0.39, 0.29) is 18.6 Å². The number of halogens is 1. The van der Waals surface area contributed by atoms with Crippen molar-refractivity contribution < 1.29 is 9.53 Å². The van der Waals surface area contributed by atoms with Crippen molar-refractivity contribution in [2.24, 2.45) is 0 Å². The third kappa shape index (κ3) is 6.17. The predicted octanol–water partition coefficient (Wildman–Crippen LogP) is 2.54. The Morgan fingerprint density at radius 1 is 1.39 bits per heavy atom. The molecule has 18 heavy (non-hydrogen) atoms. The van der Waals surface area contributed by atoms with Gasteiger partial charge in [0.15, 0.2) is 0 Å². The maximum atomic E-state index is 11.6. The van der Waals surface area contributed by atoms with Crippen LogP contribution < -0.4 is 5.32 Å². The molecule has 1 atom stereocenters. The minimum Gasteiger partial charge on any atom is -0.372 e. The summed E-state index contributed by atoms with van der Waals surface area (Å²) in [7, 11) is 0. The normalized spacial score (nSPS) is 12.1. The Balaban J connectivity index is 2.35. The van der Waals surface area contributed by atoms with Crippen molar-refractivity contribution in [1.82, 2.24) is 5.32 Å². The van der Waals surface area contributed by atoms with Gasteiger partial charge in [0.2, 0.25) is 5.91 Å². The molecule has 1 amide bonds. The summed E-state index contributed by atoms with van der Waals surface area (Å²) >= 11 is 3.43. The summed E-state index contributed by atoms with van der Waals surface area (Å²) in [6.45, 7) is 2.80. The SMILES string of the molecule is CCCOCC(=O)NC(CBr)Cc1ccccc1. The molecular weight excluding hydrogens is 294 g/mol. The number of alkyl halides is 1. The first kappa shape index (κ1) is 15.2. The van der Waals surface area contributed by atoms with Crippen molar-refractivity contribution in [3.05, 3.63) is 35.9 Å². The van der Waals surface area contributed by atoms with E-state index in [0.29, 0.717) is 6.61 Å². The van der Waals surface area contributed by atoms with Gasteiger partial charge in [-0.1, -0.05) is 53.2 Å². The molecule has 0 saturated carbocycles. The molecule has 1 rings (SSSR count). The Morgan fingerprint density at radius 3 is 2.72 bits per heavy atom. The molecule has 0 radical (unpaired) electrons. The Bertz CT molecular complexity index is 343. The monoisotopic (exact) mass is 313 g/mol. The quantitative estimate of drug-likeness (QED) is 0.591. The van der Waals surface area contributed by atoms with Crippen LogP contribution in [0.2, 0.25) is 0 Å². The van der Waals surface area contributed by atoms with Crippen LogP contribution in [0.3, 0.4) is 0 Å². The molecule has 1 aromatic carbocycles.